The van der Waals surface area contributed by atoms with Crippen LogP contribution in [0.2, 0.25) is 0 Å². The van der Waals surface area contributed by atoms with Crippen molar-refractivity contribution in [3.05, 3.63) is 23.9 Å². The molecule has 21 heavy (non-hydrogen) atoms. The molecule has 1 aromatic heterocycles. The van der Waals surface area contributed by atoms with Gasteiger partial charge in [-0.2, -0.15) is 0 Å². The molecule has 0 radical (unpaired) electrons. The smallest absolute Gasteiger partial charge is 0.246 e. The third kappa shape index (κ3) is 2.57. The van der Waals surface area contributed by atoms with Gasteiger partial charge in [0.2, 0.25) is 11.8 Å². The van der Waals surface area contributed by atoms with Gasteiger partial charge in [0.05, 0.1) is 0 Å². The number of amides is 2. The van der Waals surface area contributed by atoms with Crippen molar-refractivity contribution in [3.8, 4) is 0 Å². The molecule has 0 aliphatic carbocycles. The lowest BCUT2D eigenvalue weighted by Crippen LogP contribution is -2.56. The summed E-state index contributed by atoms with van der Waals surface area (Å²) in [6, 6.07) is 3.56. The summed E-state index contributed by atoms with van der Waals surface area (Å²) in [5, 5.41) is 3.19. The molecule has 2 amide bonds. The zero-order chi connectivity index (χ0) is 14.8. The molecule has 6 nitrogen and oxygen atoms in total. The molecule has 1 N–H and O–H groups in total. The van der Waals surface area contributed by atoms with Crippen molar-refractivity contribution in [3.63, 3.8) is 0 Å². The molecular formula is C15H20N4O2. The molecule has 0 aromatic carbocycles. The predicted molar refractivity (Wildman–Crippen MR) is 78.6 cm³/mol. The first-order valence-corrected chi connectivity index (χ1v) is 7.46. The largest absolute Gasteiger partial charge is 0.370 e. The van der Waals surface area contributed by atoms with E-state index in [4.69, 9.17) is 0 Å². The summed E-state index contributed by atoms with van der Waals surface area (Å²) in [6.07, 6.45) is 3.43. The van der Waals surface area contributed by atoms with Crippen LogP contribution < -0.4 is 5.32 Å². The Morgan fingerprint density at radius 3 is 3.10 bits per heavy atom. The van der Waals surface area contributed by atoms with Crippen molar-refractivity contribution in [1.29, 1.82) is 0 Å². The van der Waals surface area contributed by atoms with Gasteiger partial charge >= 0.3 is 0 Å². The second-order valence-corrected chi connectivity index (χ2v) is 5.48. The molecule has 1 aromatic rings. The van der Waals surface area contributed by atoms with Crippen molar-refractivity contribution >= 4 is 17.6 Å². The minimum atomic E-state index is -0.245. The van der Waals surface area contributed by atoms with Crippen LogP contribution in [0.4, 0.5) is 5.82 Å². The fraction of sp³-hybridized carbons (Fsp3) is 0.533. The lowest BCUT2D eigenvalue weighted by molar-refractivity contribution is -0.154. The Labute approximate surface area is 124 Å². The minimum absolute atomic E-state index is 0.0611. The summed E-state index contributed by atoms with van der Waals surface area (Å²) >= 11 is 0. The second-order valence-electron chi connectivity index (χ2n) is 5.48. The van der Waals surface area contributed by atoms with E-state index in [1.807, 2.05) is 19.1 Å². The topological polar surface area (TPSA) is 65.5 Å². The van der Waals surface area contributed by atoms with Gasteiger partial charge in [0.1, 0.15) is 18.4 Å². The van der Waals surface area contributed by atoms with E-state index in [-0.39, 0.29) is 24.4 Å². The Morgan fingerprint density at radius 2 is 2.29 bits per heavy atom. The molecule has 1 atom stereocenters. The average Bonchev–Trinajstić information content (AvgIpc) is 2.97. The van der Waals surface area contributed by atoms with Crippen LogP contribution in [0, 0.1) is 0 Å². The molecule has 1 unspecified atom stereocenters. The highest BCUT2D eigenvalue weighted by molar-refractivity contribution is 5.95. The SMILES string of the molecule is CCNc1ncccc1CN1CC(=O)N2CCCC2C1=O. The number of hydrogen-bond acceptors (Lipinski definition) is 4. The van der Waals surface area contributed by atoms with Crippen LogP contribution in [0.3, 0.4) is 0 Å². The van der Waals surface area contributed by atoms with Crippen LogP contribution in [0.15, 0.2) is 18.3 Å². The maximum absolute atomic E-state index is 12.5. The highest BCUT2D eigenvalue weighted by Gasteiger charge is 2.41. The fourth-order valence-electron chi connectivity index (χ4n) is 3.10. The lowest BCUT2D eigenvalue weighted by Gasteiger charge is -2.36. The minimum Gasteiger partial charge on any atom is -0.370 e. The lowest BCUT2D eigenvalue weighted by atomic mass is 10.1. The third-order valence-corrected chi connectivity index (χ3v) is 4.09. The van der Waals surface area contributed by atoms with Crippen molar-refractivity contribution < 1.29 is 9.59 Å². The molecule has 0 saturated carbocycles. The number of piperazine rings is 1. The van der Waals surface area contributed by atoms with Crippen molar-refractivity contribution in [2.75, 3.05) is 25.0 Å². The van der Waals surface area contributed by atoms with Gasteiger partial charge in [-0.05, 0) is 25.8 Å². The van der Waals surface area contributed by atoms with Crippen LogP contribution >= 0.6 is 0 Å². The van der Waals surface area contributed by atoms with Crippen molar-refractivity contribution in [1.82, 2.24) is 14.8 Å². The summed E-state index contributed by atoms with van der Waals surface area (Å²) in [4.78, 5) is 32.3. The number of anilines is 1. The number of carbonyl (C=O) groups is 2. The van der Waals surface area contributed by atoms with E-state index in [9.17, 15) is 9.59 Å². The molecule has 0 spiro atoms. The maximum Gasteiger partial charge on any atom is 0.246 e. The van der Waals surface area contributed by atoms with Gasteiger partial charge in [-0.3, -0.25) is 9.59 Å². The van der Waals surface area contributed by atoms with Crippen LogP contribution in [-0.2, 0) is 16.1 Å². The van der Waals surface area contributed by atoms with E-state index in [0.717, 1.165) is 37.3 Å². The number of pyridine rings is 1. The van der Waals surface area contributed by atoms with Gasteiger partial charge in [0, 0.05) is 31.4 Å². The number of fused-ring (bicyclic) bond motifs is 1. The standard InChI is InChI=1S/C15H20N4O2/c1-2-16-14-11(5-3-7-17-14)9-18-10-13(20)19-8-4-6-12(19)15(18)21/h3,5,7,12H,2,4,6,8-10H2,1H3,(H,16,17). The van der Waals surface area contributed by atoms with Crippen molar-refractivity contribution in [2.45, 2.75) is 32.4 Å². The highest BCUT2D eigenvalue weighted by Crippen LogP contribution is 2.25. The normalized spacial score (nSPS) is 21.7. The molecule has 3 rings (SSSR count). The van der Waals surface area contributed by atoms with E-state index in [0.29, 0.717) is 6.54 Å². The van der Waals surface area contributed by atoms with Crippen LogP contribution in [-0.4, -0.2) is 52.3 Å². The van der Waals surface area contributed by atoms with Crippen LogP contribution in [0.5, 0.6) is 0 Å². The van der Waals surface area contributed by atoms with Gasteiger partial charge < -0.3 is 15.1 Å². The number of carbonyl (C=O) groups excluding carboxylic acids is 2. The van der Waals surface area contributed by atoms with E-state index in [1.54, 1.807) is 16.0 Å². The predicted octanol–water partition coefficient (Wildman–Crippen LogP) is 0.847. The molecule has 2 saturated heterocycles. The van der Waals surface area contributed by atoms with Crippen molar-refractivity contribution in [2.24, 2.45) is 0 Å². The number of rotatable bonds is 4. The zero-order valence-electron chi connectivity index (χ0n) is 12.2. The first kappa shape index (κ1) is 13.9. The fourth-order valence-corrected chi connectivity index (χ4v) is 3.10. The number of aromatic nitrogens is 1. The first-order chi connectivity index (χ1) is 10.2. The molecular weight excluding hydrogens is 268 g/mol. The second kappa shape index (κ2) is 5.71. The summed E-state index contributed by atoms with van der Waals surface area (Å²) in [6.45, 7) is 4.11. The Bertz CT molecular complexity index is 560. The quantitative estimate of drug-likeness (QED) is 0.892. The van der Waals surface area contributed by atoms with Gasteiger partial charge in [-0.25, -0.2) is 4.98 Å². The Balaban J connectivity index is 1.78. The first-order valence-electron chi connectivity index (χ1n) is 7.46. The third-order valence-electron chi connectivity index (χ3n) is 4.09. The van der Waals surface area contributed by atoms with E-state index >= 15 is 0 Å². The molecule has 112 valence electrons. The Hall–Kier alpha value is -2.11. The summed E-state index contributed by atoms with van der Waals surface area (Å²) in [7, 11) is 0. The van der Waals surface area contributed by atoms with Crippen LogP contribution in [0.25, 0.3) is 0 Å². The molecule has 2 fully saturated rings. The molecule has 2 aliphatic rings. The maximum atomic E-state index is 12.5. The zero-order valence-corrected chi connectivity index (χ0v) is 12.2. The van der Waals surface area contributed by atoms with Gasteiger partial charge in [-0.15, -0.1) is 0 Å². The van der Waals surface area contributed by atoms with E-state index in [2.05, 4.69) is 10.3 Å². The van der Waals surface area contributed by atoms with Gasteiger partial charge in [0.15, 0.2) is 0 Å². The van der Waals surface area contributed by atoms with E-state index < -0.39 is 0 Å². The van der Waals surface area contributed by atoms with Gasteiger partial charge in [-0.1, -0.05) is 6.07 Å². The summed E-state index contributed by atoms with van der Waals surface area (Å²) < 4.78 is 0. The molecule has 6 heteroatoms. The molecule has 0 bridgehead atoms. The molecule has 2 aliphatic heterocycles. The number of nitrogens with zero attached hydrogens (tertiary/aromatic N) is 3. The summed E-state index contributed by atoms with van der Waals surface area (Å²) in [5.41, 5.74) is 0.951. The Kier molecular flexibility index (Phi) is 3.77. The van der Waals surface area contributed by atoms with Gasteiger partial charge in [0.25, 0.3) is 0 Å². The highest BCUT2D eigenvalue weighted by atomic mass is 16.2. The van der Waals surface area contributed by atoms with E-state index in [1.165, 1.54) is 0 Å². The number of hydrogen-bond donors (Lipinski definition) is 1. The Morgan fingerprint density at radius 1 is 1.43 bits per heavy atom. The average molecular weight is 288 g/mol. The number of nitrogens with one attached hydrogen (secondary N) is 1. The molecule has 3 heterocycles. The van der Waals surface area contributed by atoms with Crippen LogP contribution in [0.1, 0.15) is 25.3 Å². The monoisotopic (exact) mass is 288 g/mol. The summed E-state index contributed by atoms with van der Waals surface area (Å²) in [5.74, 6) is 0.915.